The molecule has 0 radical (unpaired) electrons. The van der Waals surface area contributed by atoms with Crippen molar-refractivity contribution < 1.29 is 9.90 Å². The van der Waals surface area contributed by atoms with Gasteiger partial charge in [0.05, 0.1) is 12.0 Å². The summed E-state index contributed by atoms with van der Waals surface area (Å²) in [6.07, 6.45) is 5.52. The van der Waals surface area contributed by atoms with Gasteiger partial charge in [-0.15, -0.1) is 0 Å². The Hall–Kier alpha value is -2.26. The molecule has 1 heterocycles. The minimum Gasteiger partial charge on any atom is -0.545 e. The molecule has 3 nitrogen and oxygen atoms in total. The highest BCUT2D eigenvalue weighted by Crippen LogP contribution is 2.51. The second-order valence-electron chi connectivity index (χ2n) is 6.52. The molecule has 0 saturated heterocycles. The zero-order valence-electron chi connectivity index (χ0n) is 13.3. The molecule has 24 heavy (non-hydrogen) atoms. The number of benzene rings is 2. The van der Waals surface area contributed by atoms with Crippen molar-refractivity contribution in [2.75, 3.05) is 5.32 Å². The minimum absolute atomic E-state index is 0.130. The van der Waals surface area contributed by atoms with Crippen molar-refractivity contribution in [2.45, 2.75) is 25.3 Å². The van der Waals surface area contributed by atoms with Crippen LogP contribution in [0.3, 0.4) is 0 Å². The standard InChI is InChI=1S/C20H18ClNO2/c1-11-17(21)10-9-16-14-3-2-4-15(14)19(22-18(11)16)12-5-7-13(8-6-12)20(23)24/h2-3,5-10,14-15,19,22H,4H2,1H3,(H,23,24)/p-1/t14-,15+,19-/m0/s1. The molecule has 3 atom stereocenters. The maximum absolute atomic E-state index is 11.0. The summed E-state index contributed by atoms with van der Waals surface area (Å²) < 4.78 is 0. The number of nitrogens with one attached hydrogen (secondary N) is 1. The summed E-state index contributed by atoms with van der Waals surface area (Å²) in [6.45, 7) is 2.03. The quantitative estimate of drug-likeness (QED) is 0.846. The number of allylic oxidation sites excluding steroid dienone is 2. The first kappa shape index (κ1) is 15.3. The van der Waals surface area contributed by atoms with Crippen LogP contribution in [-0.2, 0) is 0 Å². The lowest BCUT2D eigenvalue weighted by molar-refractivity contribution is -0.255. The molecule has 1 N–H and O–H groups in total. The summed E-state index contributed by atoms with van der Waals surface area (Å²) >= 11 is 6.31. The van der Waals surface area contributed by atoms with E-state index in [4.69, 9.17) is 11.6 Å². The van der Waals surface area contributed by atoms with Crippen molar-refractivity contribution >= 4 is 23.3 Å². The molecular weight excluding hydrogens is 322 g/mol. The number of anilines is 1. The number of carboxylic acids is 1. The summed E-state index contributed by atoms with van der Waals surface area (Å²) in [6, 6.07) is 11.2. The second-order valence-corrected chi connectivity index (χ2v) is 6.93. The molecule has 0 spiro atoms. The van der Waals surface area contributed by atoms with Gasteiger partial charge in [-0.2, -0.15) is 0 Å². The summed E-state index contributed by atoms with van der Waals surface area (Å²) in [5.74, 6) is -0.360. The van der Waals surface area contributed by atoms with E-state index in [1.807, 2.05) is 25.1 Å². The zero-order valence-corrected chi connectivity index (χ0v) is 14.0. The molecule has 0 bridgehead atoms. The molecule has 0 amide bonds. The van der Waals surface area contributed by atoms with Crippen LogP contribution in [0.15, 0.2) is 48.6 Å². The monoisotopic (exact) mass is 338 g/mol. The fourth-order valence-corrected chi connectivity index (χ4v) is 4.10. The van der Waals surface area contributed by atoms with Crippen molar-refractivity contribution in [3.8, 4) is 0 Å². The van der Waals surface area contributed by atoms with Gasteiger partial charge in [-0.25, -0.2) is 0 Å². The molecule has 2 aromatic carbocycles. The van der Waals surface area contributed by atoms with E-state index >= 15 is 0 Å². The summed E-state index contributed by atoms with van der Waals surface area (Å²) in [7, 11) is 0. The summed E-state index contributed by atoms with van der Waals surface area (Å²) in [5.41, 5.74) is 4.74. The van der Waals surface area contributed by atoms with Gasteiger partial charge >= 0.3 is 0 Å². The third-order valence-corrected chi connectivity index (χ3v) is 5.65. The van der Waals surface area contributed by atoms with E-state index in [0.717, 1.165) is 28.3 Å². The van der Waals surface area contributed by atoms with E-state index in [9.17, 15) is 9.90 Å². The van der Waals surface area contributed by atoms with Crippen molar-refractivity contribution in [2.24, 2.45) is 5.92 Å². The molecule has 0 unspecified atom stereocenters. The largest absolute Gasteiger partial charge is 0.545 e. The van der Waals surface area contributed by atoms with Crippen molar-refractivity contribution in [1.29, 1.82) is 0 Å². The Balaban J connectivity index is 1.77. The SMILES string of the molecule is Cc1c(Cl)ccc2c1N[C@@H](c1ccc(C(=O)[O-])cc1)[C@@H]1CC=C[C@H]21. The number of aromatic carboxylic acids is 1. The number of hydrogen-bond donors (Lipinski definition) is 1. The number of rotatable bonds is 2. The number of carbonyl (C=O) groups is 1. The van der Waals surface area contributed by atoms with E-state index in [0.29, 0.717) is 11.8 Å². The third-order valence-electron chi connectivity index (χ3n) is 5.24. The van der Waals surface area contributed by atoms with Gasteiger partial charge in [0.15, 0.2) is 0 Å². The van der Waals surface area contributed by atoms with E-state index in [2.05, 4.69) is 23.5 Å². The lowest BCUT2D eigenvalue weighted by atomic mass is 9.76. The van der Waals surface area contributed by atoms with Gasteiger partial charge in [0, 0.05) is 16.6 Å². The van der Waals surface area contributed by atoms with Crippen LogP contribution in [0.1, 0.15) is 45.4 Å². The maximum atomic E-state index is 11.0. The van der Waals surface area contributed by atoms with Gasteiger partial charge in [-0.3, -0.25) is 0 Å². The maximum Gasteiger partial charge on any atom is 0.0715 e. The summed E-state index contributed by atoms with van der Waals surface area (Å²) in [4.78, 5) is 11.0. The highest BCUT2D eigenvalue weighted by molar-refractivity contribution is 6.31. The Morgan fingerprint density at radius 1 is 1.21 bits per heavy atom. The lowest BCUT2D eigenvalue weighted by Crippen LogP contribution is -2.29. The fourth-order valence-electron chi connectivity index (χ4n) is 3.95. The van der Waals surface area contributed by atoms with E-state index in [1.165, 1.54) is 5.56 Å². The fraction of sp³-hybridized carbons (Fsp3) is 0.250. The van der Waals surface area contributed by atoms with Gasteiger partial charge in [-0.05, 0) is 47.6 Å². The van der Waals surface area contributed by atoms with Crippen LogP contribution >= 0.6 is 11.6 Å². The molecule has 4 heteroatoms. The first-order valence-electron chi connectivity index (χ1n) is 8.10. The van der Waals surface area contributed by atoms with Gasteiger partial charge in [0.2, 0.25) is 0 Å². The molecular formula is C20H17ClNO2-. The smallest absolute Gasteiger partial charge is 0.0715 e. The Kier molecular flexibility index (Phi) is 3.61. The highest BCUT2D eigenvalue weighted by Gasteiger charge is 2.38. The molecule has 2 aromatic rings. The topological polar surface area (TPSA) is 52.2 Å². The first-order chi connectivity index (χ1) is 11.6. The van der Waals surface area contributed by atoms with E-state index in [-0.39, 0.29) is 11.6 Å². The highest BCUT2D eigenvalue weighted by atomic mass is 35.5. The molecule has 0 saturated carbocycles. The van der Waals surface area contributed by atoms with Gasteiger partial charge in [0.1, 0.15) is 0 Å². The van der Waals surface area contributed by atoms with E-state index in [1.54, 1.807) is 12.1 Å². The normalized spacial score (nSPS) is 24.2. The lowest BCUT2D eigenvalue weighted by Gasteiger charge is -2.38. The molecule has 122 valence electrons. The first-order valence-corrected chi connectivity index (χ1v) is 8.47. The van der Waals surface area contributed by atoms with Crippen LogP contribution in [0.5, 0.6) is 0 Å². The van der Waals surface area contributed by atoms with Crippen LogP contribution in [-0.4, -0.2) is 5.97 Å². The van der Waals surface area contributed by atoms with Crippen molar-refractivity contribution in [3.63, 3.8) is 0 Å². The molecule has 2 aliphatic rings. The van der Waals surface area contributed by atoms with Crippen LogP contribution < -0.4 is 10.4 Å². The molecule has 0 aromatic heterocycles. The molecule has 1 aliphatic carbocycles. The van der Waals surface area contributed by atoms with Crippen molar-refractivity contribution in [3.05, 3.63) is 75.8 Å². The number of fused-ring (bicyclic) bond motifs is 3. The number of hydrogen-bond acceptors (Lipinski definition) is 3. The molecule has 0 fully saturated rings. The third kappa shape index (κ3) is 2.31. The Bertz CT molecular complexity index is 841. The van der Waals surface area contributed by atoms with Gasteiger partial charge in [-0.1, -0.05) is 54.1 Å². The number of carbonyl (C=O) groups excluding carboxylic acids is 1. The van der Waals surface area contributed by atoms with Crippen LogP contribution in [0, 0.1) is 12.8 Å². The summed E-state index contributed by atoms with van der Waals surface area (Å²) in [5, 5.41) is 15.4. The average Bonchev–Trinajstić information content (AvgIpc) is 3.07. The number of carboxylic acid groups (broad SMARTS) is 1. The van der Waals surface area contributed by atoms with Crippen LogP contribution in [0.25, 0.3) is 0 Å². The Labute approximate surface area is 146 Å². The van der Waals surface area contributed by atoms with E-state index < -0.39 is 5.97 Å². The average molecular weight is 339 g/mol. The Morgan fingerprint density at radius 2 is 1.96 bits per heavy atom. The second kappa shape index (κ2) is 5.67. The van der Waals surface area contributed by atoms with Crippen LogP contribution in [0.4, 0.5) is 5.69 Å². The van der Waals surface area contributed by atoms with Crippen LogP contribution in [0.2, 0.25) is 5.02 Å². The predicted molar refractivity (Wildman–Crippen MR) is 93.3 cm³/mol. The van der Waals surface area contributed by atoms with Crippen molar-refractivity contribution in [1.82, 2.24) is 0 Å². The molecule has 4 rings (SSSR count). The number of halogens is 1. The molecule has 1 aliphatic heterocycles. The Morgan fingerprint density at radius 3 is 2.67 bits per heavy atom. The zero-order chi connectivity index (χ0) is 16.8. The van der Waals surface area contributed by atoms with Gasteiger partial charge < -0.3 is 15.2 Å². The minimum atomic E-state index is -1.15. The van der Waals surface area contributed by atoms with Gasteiger partial charge in [0.25, 0.3) is 0 Å². The predicted octanol–water partition coefficient (Wildman–Crippen LogP) is 3.84.